The Morgan fingerprint density at radius 2 is 0.700 bits per heavy atom. The van der Waals surface area contributed by atoms with Gasteiger partial charge in [0.15, 0.2) is 0 Å². The normalized spacial score (nSPS) is 11.8. The second kappa shape index (κ2) is 9.36. The molecule has 4 aromatic carbocycles. The van der Waals surface area contributed by atoms with Crippen molar-refractivity contribution in [1.82, 2.24) is 0 Å². The van der Waals surface area contributed by atoms with E-state index in [2.05, 4.69) is 72.8 Å². The molecule has 0 unspecified atom stereocenters. The Labute approximate surface area is 177 Å². The van der Waals surface area contributed by atoms with E-state index < -0.39 is 0 Å². The smallest absolute Gasteiger partial charge is 0.0681 e. The standard InChI is InChI=1S/C28H24O2/c29-19-21-11-15-25(16-12-21)27(23-7-3-1-4-8-23)28(24-9-5-2-6-10-24)26-17-13-22(20-30)14-18-26/h1-18,29-30H,19-20H2. The molecule has 0 aliphatic heterocycles. The van der Waals surface area contributed by atoms with E-state index in [0.29, 0.717) is 0 Å². The number of benzene rings is 4. The zero-order valence-corrected chi connectivity index (χ0v) is 16.7. The summed E-state index contributed by atoms with van der Waals surface area (Å²) < 4.78 is 0. The van der Waals surface area contributed by atoms with Gasteiger partial charge in [-0.25, -0.2) is 0 Å². The maximum atomic E-state index is 9.47. The van der Waals surface area contributed by atoms with Crippen molar-refractivity contribution in [2.75, 3.05) is 0 Å². The highest BCUT2D eigenvalue weighted by Gasteiger charge is 2.16. The van der Waals surface area contributed by atoms with E-state index in [1.807, 2.05) is 36.4 Å². The number of hydrogen-bond donors (Lipinski definition) is 2. The van der Waals surface area contributed by atoms with Gasteiger partial charge < -0.3 is 10.2 Å². The van der Waals surface area contributed by atoms with E-state index in [0.717, 1.165) is 44.5 Å². The molecule has 148 valence electrons. The quantitative estimate of drug-likeness (QED) is 0.415. The molecule has 0 heterocycles. The highest BCUT2D eigenvalue weighted by molar-refractivity contribution is 6.04. The summed E-state index contributed by atoms with van der Waals surface area (Å²) in [4.78, 5) is 0. The van der Waals surface area contributed by atoms with E-state index in [1.165, 1.54) is 0 Å². The Morgan fingerprint density at radius 1 is 0.400 bits per heavy atom. The largest absolute Gasteiger partial charge is 0.392 e. The predicted molar refractivity (Wildman–Crippen MR) is 123 cm³/mol. The van der Waals surface area contributed by atoms with Crippen LogP contribution in [0.3, 0.4) is 0 Å². The molecule has 0 aromatic heterocycles. The molecule has 4 aromatic rings. The summed E-state index contributed by atoms with van der Waals surface area (Å²) in [5, 5.41) is 18.9. The molecule has 0 spiro atoms. The number of aliphatic hydroxyl groups is 2. The monoisotopic (exact) mass is 392 g/mol. The second-order valence-corrected chi connectivity index (χ2v) is 7.19. The molecule has 0 amide bonds. The van der Waals surface area contributed by atoms with Crippen molar-refractivity contribution in [3.05, 3.63) is 143 Å². The highest BCUT2D eigenvalue weighted by Crippen LogP contribution is 2.37. The van der Waals surface area contributed by atoms with E-state index in [-0.39, 0.29) is 13.2 Å². The molecule has 0 saturated heterocycles. The maximum Gasteiger partial charge on any atom is 0.0681 e. The lowest BCUT2D eigenvalue weighted by Gasteiger charge is -2.18. The molecule has 0 bridgehead atoms. The van der Waals surface area contributed by atoms with Gasteiger partial charge in [-0.2, -0.15) is 0 Å². The number of aliphatic hydroxyl groups excluding tert-OH is 2. The molecule has 0 fully saturated rings. The van der Waals surface area contributed by atoms with Gasteiger partial charge in [0.25, 0.3) is 0 Å². The first-order valence-corrected chi connectivity index (χ1v) is 10.1. The zero-order valence-electron chi connectivity index (χ0n) is 16.7. The number of rotatable bonds is 6. The fraction of sp³-hybridized carbons (Fsp3) is 0.0714. The van der Waals surface area contributed by atoms with Crippen LogP contribution in [0.15, 0.2) is 109 Å². The Kier molecular flexibility index (Phi) is 6.19. The van der Waals surface area contributed by atoms with Crippen LogP contribution in [0, 0.1) is 0 Å². The molecular formula is C28H24O2. The topological polar surface area (TPSA) is 40.5 Å². The van der Waals surface area contributed by atoms with E-state index in [1.54, 1.807) is 0 Å². The summed E-state index contributed by atoms with van der Waals surface area (Å²) in [7, 11) is 0. The first-order valence-electron chi connectivity index (χ1n) is 10.1. The summed E-state index contributed by atoms with van der Waals surface area (Å²) in [5.74, 6) is 0. The minimum absolute atomic E-state index is 0.0266. The minimum atomic E-state index is 0.0266. The van der Waals surface area contributed by atoms with Crippen molar-refractivity contribution in [2.45, 2.75) is 13.2 Å². The summed E-state index contributed by atoms with van der Waals surface area (Å²) in [6, 6.07) is 36.9. The van der Waals surface area contributed by atoms with Crippen molar-refractivity contribution in [3.8, 4) is 0 Å². The number of hydrogen-bond acceptors (Lipinski definition) is 2. The third-order valence-electron chi connectivity index (χ3n) is 5.23. The Morgan fingerprint density at radius 3 is 1.00 bits per heavy atom. The fourth-order valence-electron chi connectivity index (χ4n) is 3.67. The molecule has 2 N–H and O–H groups in total. The Bertz CT molecular complexity index is 1020. The van der Waals surface area contributed by atoms with Crippen LogP contribution in [0.1, 0.15) is 33.4 Å². The van der Waals surface area contributed by atoms with Crippen molar-refractivity contribution in [3.63, 3.8) is 0 Å². The van der Waals surface area contributed by atoms with Crippen LogP contribution in [0.5, 0.6) is 0 Å². The first-order chi connectivity index (χ1) is 14.8. The van der Waals surface area contributed by atoms with Crippen LogP contribution in [-0.2, 0) is 13.2 Å². The average Bonchev–Trinajstić information content (AvgIpc) is 2.84. The van der Waals surface area contributed by atoms with E-state index >= 15 is 0 Å². The summed E-state index contributed by atoms with van der Waals surface area (Å²) in [5.41, 5.74) is 8.45. The molecule has 0 aliphatic carbocycles. The van der Waals surface area contributed by atoms with Crippen molar-refractivity contribution < 1.29 is 10.2 Å². The summed E-state index contributed by atoms with van der Waals surface area (Å²) in [6.45, 7) is 0.0532. The minimum Gasteiger partial charge on any atom is -0.392 e. The Hall–Kier alpha value is -3.46. The molecule has 2 heteroatoms. The zero-order chi connectivity index (χ0) is 20.8. The molecule has 0 aliphatic rings. The SMILES string of the molecule is OCc1ccc(C(=C(c2ccccc2)c2ccc(CO)cc2)c2ccccc2)cc1. The third-order valence-corrected chi connectivity index (χ3v) is 5.23. The molecule has 4 rings (SSSR count). The molecule has 0 saturated carbocycles. The van der Waals surface area contributed by atoms with Crippen molar-refractivity contribution >= 4 is 11.1 Å². The van der Waals surface area contributed by atoms with Gasteiger partial charge in [-0.3, -0.25) is 0 Å². The molecule has 0 atom stereocenters. The van der Waals surface area contributed by atoms with Gasteiger partial charge in [0, 0.05) is 0 Å². The molecule has 30 heavy (non-hydrogen) atoms. The van der Waals surface area contributed by atoms with Crippen LogP contribution in [0.25, 0.3) is 11.1 Å². The van der Waals surface area contributed by atoms with Gasteiger partial charge in [-0.1, -0.05) is 109 Å². The lowest BCUT2D eigenvalue weighted by atomic mass is 9.85. The maximum absolute atomic E-state index is 9.47. The molecule has 0 radical (unpaired) electrons. The van der Waals surface area contributed by atoms with E-state index in [4.69, 9.17) is 0 Å². The van der Waals surface area contributed by atoms with Gasteiger partial charge >= 0.3 is 0 Å². The van der Waals surface area contributed by atoms with Crippen LogP contribution in [-0.4, -0.2) is 10.2 Å². The van der Waals surface area contributed by atoms with Gasteiger partial charge in [-0.05, 0) is 44.5 Å². The van der Waals surface area contributed by atoms with Crippen molar-refractivity contribution in [2.24, 2.45) is 0 Å². The highest BCUT2D eigenvalue weighted by atomic mass is 16.3. The molecule has 2 nitrogen and oxygen atoms in total. The first kappa shape index (κ1) is 19.8. The predicted octanol–water partition coefficient (Wildman–Crippen LogP) is 5.68. The summed E-state index contributed by atoms with van der Waals surface area (Å²) in [6.07, 6.45) is 0. The average molecular weight is 392 g/mol. The lowest BCUT2D eigenvalue weighted by Crippen LogP contribution is -1.98. The molecular weight excluding hydrogens is 368 g/mol. The second-order valence-electron chi connectivity index (χ2n) is 7.19. The van der Waals surface area contributed by atoms with Crippen LogP contribution < -0.4 is 0 Å². The fourth-order valence-corrected chi connectivity index (χ4v) is 3.67. The van der Waals surface area contributed by atoms with Gasteiger partial charge in [0.1, 0.15) is 0 Å². The van der Waals surface area contributed by atoms with Crippen LogP contribution in [0.4, 0.5) is 0 Å². The third kappa shape index (κ3) is 4.25. The van der Waals surface area contributed by atoms with Gasteiger partial charge in [-0.15, -0.1) is 0 Å². The van der Waals surface area contributed by atoms with Crippen LogP contribution in [0.2, 0.25) is 0 Å². The lowest BCUT2D eigenvalue weighted by molar-refractivity contribution is 0.281. The summed E-state index contributed by atoms with van der Waals surface area (Å²) >= 11 is 0. The van der Waals surface area contributed by atoms with Crippen molar-refractivity contribution in [1.29, 1.82) is 0 Å². The van der Waals surface area contributed by atoms with Crippen LogP contribution >= 0.6 is 0 Å². The van der Waals surface area contributed by atoms with Gasteiger partial charge in [0.2, 0.25) is 0 Å². The van der Waals surface area contributed by atoms with Gasteiger partial charge in [0.05, 0.1) is 13.2 Å². The van der Waals surface area contributed by atoms with E-state index in [9.17, 15) is 10.2 Å². The Balaban J connectivity index is 2.03.